The van der Waals surface area contributed by atoms with Crippen molar-refractivity contribution in [1.82, 2.24) is 4.90 Å². The van der Waals surface area contributed by atoms with Crippen LogP contribution < -0.4 is 18.9 Å². The van der Waals surface area contributed by atoms with Crippen LogP contribution in [0.3, 0.4) is 0 Å². The van der Waals surface area contributed by atoms with Gasteiger partial charge in [0.1, 0.15) is 10.1 Å². The molecule has 0 aliphatic rings. The van der Waals surface area contributed by atoms with Crippen molar-refractivity contribution in [3.8, 4) is 0 Å². The van der Waals surface area contributed by atoms with Crippen molar-refractivity contribution >= 4 is 16.0 Å². The van der Waals surface area contributed by atoms with Crippen LogP contribution >= 0.6 is 0 Å². The summed E-state index contributed by atoms with van der Waals surface area (Å²) in [5.41, 5.74) is 0. The van der Waals surface area contributed by atoms with E-state index in [-0.39, 0.29) is 32.0 Å². The summed E-state index contributed by atoms with van der Waals surface area (Å²) < 4.78 is 45.3. The Balaban J connectivity index is 0. The van der Waals surface area contributed by atoms with E-state index in [1.165, 1.54) is 12.2 Å². The van der Waals surface area contributed by atoms with Gasteiger partial charge in [-0.05, 0) is 6.92 Å². The molecular weight excluding hydrogens is 244 g/mol. The Morgan fingerprint density at radius 3 is 2.00 bits per heavy atom. The molecule has 0 saturated carbocycles. The van der Waals surface area contributed by atoms with E-state index in [0.717, 1.165) is 4.90 Å². The fraction of sp³-hybridized carbons (Fsp3) is 0.444. The summed E-state index contributed by atoms with van der Waals surface area (Å²) in [5.74, 6) is -1.41. The summed E-state index contributed by atoms with van der Waals surface area (Å²) in [6, 6.07) is 0. The summed E-state index contributed by atoms with van der Waals surface area (Å²) in [4.78, 5) is 12.3. The minimum atomic E-state index is -5.36. The second-order valence-electron chi connectivity index (χ2n) is 3.16. The Morgan fingerprint density at radius 1 is 1.41 bits per heavy atom. The molecule has 0 bridgehead atoms. The Morgan fingerprint density at radius 2 is 1.76 bits per heavy atom. The summed E-state index contributed by atoms with van der Waals surface area (Å²) >= 11 is 0. The molecular formula is C9H13FLiNO4S. The van der Waals surface area contributed by atoms with Crippen molar-refractivity contribution in [3.63, 3.8) is 0 Å². The van der Waals surface area contributed by atoms with Gasteiger partial charge < -0.3 is 9.45 Å². The SMILES string of the molecule is C=CCN(CC=C)C(=O)C(C)(F)S(=O)(=O)[O-].[Li+]. The van der Waals surface area contributed by atoms with Crippen LogP contribution in [0.25, 0.3) is 0 Å². The summed E-state index contributed by atoms with van der Waals surface area (Å²) in [6.45, 7) is 6.95. The molecule has 1 unspecified atom stereocenters. The summed E-state index contributed by atoms with van der Waals surface area (Å²) in [6.07, 6.45) is 2.57. The van der Waals surface area contributed by atoms with Gasteiger partial charge >= 0.3 is 18.9 Å². The molecule has 0 rings (SSSR count). The molecule has 0 aliphatic heterocycles. The molecule has 0 heterocycles. The largest absolute Gasteiger partial charge is 1.00 e. The number of carbonyl (C=O) groups excluding carboxylic acids is 1. The van der Waals surface area contributed by atoms with E-state index in [1.807, 2.05) is 0 Å². The van der Waals surface area contributed by atoms with Crippen LogP contribution in [0.4, 0.5) is 4.39 Å². The topological polar surface area (TPSA) is 77.5 Å². The van der Waals surface area contributed by atoms with Crippen LogP contribution in [0.1, 0.15) is 6.92 Å². The van der Waals surface area contributed by atoms with Crippen LogP contribution in [-0.4, -0.2) is 41.9 Å². The van der Waals surface area contributed by atoms with Crippen LogP contribution in [0.2, 0.25) is 0 Å². The third kappa shape index (κ3) is 4.64. The first-order valence-corrected chi connectivity index (χ1v) is 5.74. The third-order valence-corrected chi connectivity index (χ3v) is 2.95. The van der Waals surface area contributed by atoms with E-state index in [1.54, 1.807) is 0 Å². The predicted molar refractivity (Wildman–Crippen MR) is 56.2 cm³/mol. The Bertz CT molecular complexity index is 384. The summed E-state index contributed by atoms with van der Waals surface area (Å²) in [7, 11) is -5.36. The smallest absolute Gasteiger partial charge is 0.745 e. The van der Waals surface area contributed by atoms with Gasteiger partial charge in [0, 0.05) is 13.1 Å². The van der Waals surface area contributed by atoms with E-state index >= 15 is 0 Å². The number of halogens is 1. The standard InChI is InChI=1S/C9H14FNO4S.Li/c1-4-6-11(7-5-2)8(12)9(3,10)16(13,14)15;/h4-5H,1-2,6-7H2,3H3,(H,13,14,15);/q;+1/p-1. The third-order valence-electron chi connectivity index (χ3n) is 1.84. The van der Waals surface area contributed by atoms with Gasteiger partial charge in [-0.3, -0.25) is 4.79 Å². The predicted octanol–water partition coefficient (Wildman–Crippen LogP) is -2.58. The molecule has 5 nitrogen and oxygen atoms in total. The zero-order valence-electron chi connectivity index (χ0n) is 9.85. The molecule has 0 aromatic carbocycles. The first-order chi connectivity index (χ1) is 7.18. The van der Waals surface area contributed by atoms with Gasteiger partial charge in [-0.25, -0.2) is 12.8 Å². The van der Waals surface area contributed by atoms with Gasteiger partial charge in [0.25, 0.3) is 10.9 Å². The minimum absolute atomic E-state index is 0. The van der Waals surface area contributed by atoms with Gasteiger partial charge in [0.2, 0.25) is 0 Å². The molecule has 0 aromatic heterocycles. The number of carbonyl (C=O) groups is 1. The number of alkyl halides is 1. The van der Waals surface area contributed by atoms with Crippen molar-refractivity contribution in [3.05, 3.63) is 25.3 Å². The molecule has 0 aromatic rings. The number of nitrogens with zero attached hydrogens (tertiary/aromatic N) is 1. The van der Waals surface area contributed by atoms with Crippen LogP contribution in [0.15, 0.2) is 25.3 Å². The van der Waals surface area contributed by atoms with Crippen molar-refractivity contribution in [2.75, 3.05) is 13.1 Å². The number of hydrogen-bond donors (Lipinski definition) is 0. The van der Waals surface area contributed by atoms with Crippen molar-refractivity contribution < 1.29 is 41.0 Å². The zero-order valence-corrected chi connectivity index (χ0v) is 10.7. The summed E-state index contributed by atoms with van der Waals surface area (Å²) in [5, 5.41) is -3.47. The molecule has 0 fully saturated rings. The maximum Gasteiger partial charge on any atom is 1.00 e. The first kappa shape index (κ1) is 18.7. The average molecular weight is 257 g/mol. The molecule has 17 heavy (non-hydrogen) atoms. The van der Waals surface area contributed by atoms with Gasteiger partial charge in [-0.1, -0.05) is 12.2 Å². The molecule has 0 saturated heterocycles. The monoisotopic (exact) mass is 257 g/mol. The molecule has 0 radical (unpaired) electrons. The van der Waals surface area contributed by atoms with Crippen molar-refractivity contribution in [2.24, 2.45) is 0 Å². The number of rotatable bonds is 6. The van der Waals surface area contributed by atoms with Crippen LogP contribution in [0.5, 0.6) is 0 Å². The Hall–Kier alpha value is -0.613. The van der Waals surface area contributed by atoms with Gasteiger partial charge in [-0.2, -0.15) is 0 Å². The maximum atomic E-state index is 13.5. The van der Waals surface area contributed by atoms with Crippen molar-refractivity contribution in [2.45, 2.75) is 11.9 Å². The van der Waals surface area contributed by atoms with Crippen LogP contribution in [0, 0.1) is 0 Å². The second-order valence-corrected chi connectivity index (χ2v) is 4.83. The maximum absolute atomic E-state index is 13.5. The number of amides is 1. The zero-order chi connectivity index (χ0) is 13.0. The fourth-order valence-electron chi connectivity index (χ4n) is 0.941. The first-order valence-electron chi connectivity index (χ1n) is 4.34. The molecule has 0 spiro atoms. The van der Waals surface area contributed by atoms with Crippen LogP contribution in [-0.2, 0) is 14.9 Å². The quantitative estimate of drug-likeness (QED) is 0.297. The van der Waals surface area contributed by atoms with Crippen molar-refractivity contribution in [1.29, 1.82) is 0 Å². The van der Waals surface area contributed by atoms with E-state index in [0.29, 0.717) is 6.92 Å². The van der Waals surface area contributed by atoms with E-state index in [4.69, 9.17) is 0 Å². The molecule has 0 N–H and O–H groups in total. The van der Waals surface area contributed by atoms with E-state index in [9.17, 15) is 22.2 Å². The Labute approximate surface area is 112 Å². The van der Waals surface area contributed by atoms with E-state index in [2.05, 4.69) is 13.2 Å². The average Bonchev–Trinajstić information content (AvgIpc) is 2.14. The Kier molecular flexibility index (Phi) is 7.68. The molecule has 0 aliphatic carbocycles. The molecule has 1 amide bonds. The molecule has 92 valence electrons. The minimum Gasteiger partial charge on any atom is -0.745 e. The van der Waals surface area contributed by atoms with Gasteiger partial charge in [0.15, 0.2) is 0 Å². The second kappa shape index (κ2) is 6.96. The van der Waals surface area contributed by atoms with Gasteiger partial charge in [-0.15, -0.1) is 13.2 Å². The normalized spacial score (nSPS) is 14.1. The fourth-order valence-corrected chi connectivity index (χ4v) is 1.28. The molecule has 1 atom stereocenters. The number of hydrogen-bond acceptors (Lipinski definition) is 4. The van der Waals surface area contributed by atoms with Gasteiger partial charge in [0.05, 0.1) is 0 Å². The molecule has 8 heteroatoms. The van der Waals surface area contributed by atoms with E-state index < -0.39 is 21.0 Å².